The Kier molecular flexibility index (Phi) is 3.19. The van der Waals surface area contributed by atoms with Gasteiger partial charge in [0.15, 0.2) is 0 Å². The van der Waals surface area contributed by atoms with Gasteiger partial charge in [0.1, 0.15) is 0 Å². The number of carboxylic acids is 1. The summed E-state index contributed by atoms with van der Waals surface area (Å²) in [7, 11) is 0.912. The van der Waals surface area contributed by atoms with Crippen LogP contribution in [0.2, 0.25) is 0 Å². The monoisotopic (exact) mass is 162 g/mol. The zero-order valence-electron chi connectivity index (χ0n) is 5.60. The van der Waals surface area contributed by atoms with Crippen molar-refractivity contribution in [1.29, 1.82) is 0 Å². The highest BCUT2D eigenvalue weighted by molar-refractivity contribution is 6.39. The lowest BCUT2D eigenvalue weighted by Crippen LogP contribution is -2.35. The Balaban J connectivity index is 4.25. The number of hydrogen-bond donors (Lipinski definition) is 2. The van der Waals surface area contributed by atoms with Crippen molar-refractivity contribution < 1.29 is 29.3 Å². The molecule has 0 aliphatic rings. The molecule has 0 aromatic rings. The molecule has 62 valence electrons. The highest BCUT2D eigenvalue weighted by Gasteiger charge is 2.29. The number of ether oxygens (including phenoxy) is 1. The molecule has 0 aliphatic carbocycles. The van der Waals surface area contributed by atoms with Gasteiger partial charge < -0.3 is 14.9 Å². The van der Waals surface area contributed by atoms with E-state index in [2.05, 4.69) is 4.74 Å². The van der Waals surface area contributed by atoms with Crippen LogP contribution in [-0.2, 0) is 19.1 Å². The fourth-order valence-corrected chi connectivity index (χ4v) is 0.324. The van der Waals surface area contributed by atoms with E-state index in [1.165, 1.54) is 0 Å². The number of aliphatic carboxylic acids is 1. The predicted octanol–water partition coefficient (Wildman–Crippen LogP) is -1.83. The predicted molar refractivity (Wildman–Crippen MR) is 30.7 cm³/mol. The van der Waals surface area contributed by atoms with Gasteiger partial charge in [-0.3, -0.25) is 4.79 Å². The Hall–Kier alpha value is -1.43. The van der Waals surface area contributed by atoms with Crippen molar-refractivity contribution in [3.05, 3.63) is 0 Å². The first-order valence-electron chi connectivity index (χ1n) is 2.53. The third-order valence-corrected chi connectivity index (χ3v) is 0.869. The second-order valence-corrected chi connectivity index (χ2v) is 1.60. The van der Waals surface area contributed by atoms with Crippen molar-refractivity contribution in [2.45, 2.75) is 6.10 Å². The Morgan fingerprint density at radius 3 is 2.09 bits per heavy atom. The van der Waals surface area contributed by atoms with E-state index in [-0.39, 0.29) is 0 Å². The van der Waals surface area contributed by atoms with Crippen LogP contribution in [0.4, 0.5) is 0 Å². The van der Waals surface area contributed by atoms with Crippen molar-refractivity contribution in [3.8, 4) is 0 Å². The molecule has 0 saturated carbocycles. The van der Waals surface area contributed by atoms with Gasteiger partial charge in [-0.05, 0) is 0 Å². The molecule has 0 aromatic heterocycles. The lowest BCUT2D eigenvalue weighted by atomic mass is 10.2. The van der Waals surface area contributed by atoms with Crippen LogP contribution in [0.25, 0.3) is 0 Å². The van der Waals surface area contributed by atoms with Gasteiger partial charge in [-0.2, -0.15) is 0 Å². The molecule has 0 bridgehead atoms. The van der Waals surface area contributed by atoms with Gasteiger partial charge in [-0.15, -0.1) is 0 Å². The Morgan fingerprint density at radius 2 is 1.82 bits per heavy atom. The number of hydrogen-bond acceptors (Lipinski definition) is 5. The largest absolute Gasteiger partial charge is 0.479 e. The first-order valence-corrected chi connectivity index (χ1v) is 2.53. The number of carboxylic acid groups (broad SMARTS) is 1. The van der Waals surface area contributed by atoms with Crippen molar-refractivity contribution >= 4 is 17.7 Å². The zero-order valence-corrected chi connectivity index (χ0v) is 5.60. The van der Waals surface area contributed by atoms with Crippen LogP contribution in [-0.4, -0.2) is 41.1 Å². The van der Waals surface area contributed by atoms with Crippen LogP contribution in [0.3, 0.4) is 0 Å². The average Bonchev–Trinajstić information content (AvgIpc) is 2.00. The minimum absolute atomic E-state index is 0.912. The molecular weight excluding hydrogens is 156 g/mol. The molecule has 0 radical (unpaired) electrons. The molecule has 0 rings (SSSR count). The number of esters is 1. The van der Waals surface area contributed by atoms with Gasteiger partial charge in [-0.1, -0.05) is 0 Å². The normalized spacial score (nSPS) is 11.8. The number of ketones is 1. The van der Waals surface area contributed by atoms with E-state index in [9.17, 15) is 14.4 Å². The summed E-state index contributed by atoms with van der Waals surface area (Å²) in [5, 5.41) is 16.5. The highest BCUT2D eigenvalue weighted by atomic mass is 16.5. The molecule has 0 amide bonds. The van der Waals surface area contributed by atoms with Gasteiger partial charge >= 0.3 is 11.9 Å². The molecule has 1 unspecified atom stereocenters. The number of Topliss-reactive ketones (excluding diaryl/α,β-unsaturated/α-hetero) is 1. The first-order chi connectivity index (χ1) is 5.00. The number of aliphatic hydroxyl groups is 1. The minimum Gasteiger partial charge on any atom is -0.479 e. The van der Waals surface area contributed by atoms with Gasteiger partial charge in [0.25, 0.3) is 5.78 Å². The molecular formula is C5H6O6. The number of carbonyl (C=O) groups is 3. The van der Waals surface area contributed by atoms with E-state index in [1.54, 1.807) is 0 Å². The smallest absolute Gasteiger partial charge is 0.377 e. The minimum atomic E-state index is -2.33. The van der Waals surface area contributed by atoms with Gasteiger partial charge in [0, 0.05) is 0 Å². The average molecular weight is 162 g/mol. The summed E-state index contributed by atoms with van der Waals surface area (Å²) >= 11 is 0. The van der Waals surface area contributed by atoms with Crippen LogP contribution < -0.4 is 0 Å². The molecule has 0 heterocycles. The zero-order chi connectivity index (χ0) is 9.02. The summed E-state index contributed by atoms with van der Waals surface area (Å²) in [5.41, 5.74) is 0. The van der Waals surface area contributed by atoms with Gasteiger partial charge in [0.2, 0.25) is 6.10 Å². The maximum atomic E-state index is 10.4. The van der Waals surface area contributed by atoms with Crippen molar-refractivity contribution in [1.82, 2.24) is 0 Å². The van der Waals surface area contributed by atoms with Crippen LogP contribution in [0.15, 0.2) is 0 Å². The van der Waals surface area contributed by atoms with Crippen LogP contribution >= 0.6 is 0 Å². The van der Waals surface area contributed by atoms with Crippen LogP contribution in [0, 0.1) is 0 Å². The number of aliphatic hydroxyl groups excluding tert-OH is 1. The number of methoxy groups -OCH3 is 1. The summed E-state index contributed by atoms with van der Waals surface area (Å²) in [4.78, 5) is 30.6. The fraction of sp³-hybridized carbons (Fsp3) is 0.400. The fourth-order valence-electron chi connectivity index (χ4n) is 0.324. The highest BCUT2D eigenvalue weighted by Crippen LogP contribution is 1.88. The molecule has 11 heavy (non-hydrogen) atoms. The summed E-state index contributed by atoms with van der Waals surface area (Å²) in [6.45, 7) is 0. The van der Waals surface area contributed by atoms with E-state index in [1.807, 2.05) is 0 Å². The van der Waals surface area contributed by atoms with E-state index in [0.29, 0.717) is 0 Å². The molecule has 1 atom stereocenters. The number of carbonyl (C=O) groups excluding carboxylic acids is 2. The van der Waals surface area contributed by atoms with Crippen molar-refractivity contribution in [3.63, 3.8) is 0 Å². The molecule has 2 N–H and O–H groups in total. The SMILES string of the molecule is COC(=O)C(=O)C(O)C(=O)O. The van der Waals surface area contributed by atoms with Crippen molar-refractivity contribution in [2.75, 3.05) is 7.11 Å². The molecule has 6 nitrogen and oxygen atoms in total. The molecule has 0 saturated heterocycles. The van der Waals surface area contributed by atoms with Crippen molar-refractivity contribution in [2.24, 2.45) is 0 Å². The van der Waals surface area contributed by atoms with E-state index in [4.69, 9.17) is 10.2 Å². The van der Waals surface area contributed by atoms with E-state index in [0.717, 1.165) is 7.11 Å². The number of rotatable bonds is 3. The van der Waals surface area contributed by atoms with Crippen LogP contribution in [0.1, 0.15) is 0 Å². The summed E-state index contributed by atoms with van der Waals surface area (Å²) in [5.74, 6) is -4.64. The molecule has 0 fully saturated rings. The maximum Gasteiger partial charge on any atom is 0.377 e. The third kappa shape index (κ3) is 2.34. The summed E-state index contributed by atoms with van der Waals surface area (Å²) < 4.78 is 3.87. The maximum absolute atomic E-state index is 10.4. The Labute approximate surface area is 61.4 Å². The standard InChI is InChI=1S/C5H6O6/c1-11-5(10)3(7)2(6)4(8)9/h2,6H,1H3,(H,8,9). The molecule has 0 aliphatic heterocycles. The second kappa shape index (κ2) is 3.67. The molecule has 0 aromatic carbocycles. The molecule has 0 spiro atoms. The quantitative estimate of drug-likeness (QED) is 0.287. The third-order valence-electron chi connectivity index (χ3n) is 0.869. The summed E-state index contributed by atoms with van der Waals surface area (Å²) in [6, 6.07) is 0. The lowest BCUT2D eigenvalue weighted by Gasteiger charge is -2.00. The second-order valence-electron chi connectivity index (χ2n) is 1.60. The first kappa shape index (κ1) is 9.57. The van der Waals surface area contributed by atoms with Crippen LogP contribution in [0.5, 0.6) is 0 Å². The Morgan fingerprint density at radius 1 is 1.36 bits per heavy atom. The van der Waals surface area contributed by atoms with Gasteiger partial charge in [0.05, 0.1) is 7.11 Å². The van der Waals surface area contributed by atoms with E-state index >= 15 is 0 Å². The lowest BCUT2D eigenvalue weighted by molar-refractivity contribution is -0.162. The van der Waals surface area contributed by atoms with Gasteiger partial charge in [-0.25, -0.2) is 9.59 Å². The Bertz CT molecular complexity index is 195. The van der Waals surface area contributed by atoms with E-state index < -0.39 is 23.8 Å². The molecule has 6 heteroatoms. The summed E-state index contributed by atoms with van der Waals surface area (Å²) in [6.07, 6.45) is -2.33. The topological polar surface area (TPSA) is 101 Å².